The zero-order valence-corrected chi connectivity index (χ0v) is 17.0. The van der Waals surface area contributed by atoms with Crippen LogP contribution >= 0.6 is 31.9 Å². The third kappa shape index (κ3) is 2.84. The molecule has 1 aromatic heterocycles. The van der Waals surface area contributed by atoms with Gasteiger partial charge in [-0.1, -0.05) is 31.9 Å². The Morgan fingerprint density at radius 3 is 2.58 bits per heavy atom. The molecule has 1 amide bonds. The van der Waals surface area contributed by atoms with Gasteiger partial charge in [0, 0.05) is 34.1 Å². The van der Waals surface area contributed by atoms with Crippen LogP contribution in [-0.2, 0) is 7.05 Å². The van der Waals surface area contributed by atoms with Gasteiger partial charge >= 0.3 is 0 Å². The maximum Gasteiger partial charge on any atom is 0.253 e. The van der Waals surface area contributed by atoms with E-state index in [1.54, 1.807) is 0 Å². The predicted octanol–water partition coefficient (Wildman–Crippen LogP) is 5.40. The third-order valence-electron chi connectivity index (χ3n) is 6.12. The number of carbonyl (C=O) groups is 1. The molecule has 2 bridgehead atoms. The van der Waals surface area contributed by atoms with Crippen LogP contribution in [0.3, 0.4) is 0 Å². The molecule has 1 heterocycles. The highest BCUT2D eigenvalue weighted by Gasteiger charge is 2.40. The number of carbonyl (C=O) groups excluding carboxylic acids is 1. The van der Waals surface area contributed by atoms with Crippen molar-refractivity contribution in [2.24, 2.45) is 18.4 Å². The Morgan fingerprint density at radius 2 is 1.92 bits per heavy atom. The van der Waals surface area contributed by atoms with E-state index in [4.69, 9.17) is 0 Å². The number of fused-ring (bicyclic) bond motifs is 4. The van der Waals surface area contributed by atoms with Crippen LogP contribution in [0.5, 0.6) is 0 Å². The lowest BCUT2D eigenvalue weighted by molar-refractivity contribution is 0.0598. The van der Waals surface area contributed by atoms with Crippen LogP contribution in [0.2, 0.25) is 0 Å². The van der Waals surface area contributed by atoms with Gasteiger partial charge in [0.15, 0.2) is 0 Å². The fourth-order valence-corrected chi connectivity index (χ4v) is 5.99. The summed E-state index contributed by atoms with van der Waals surface area (Å²) in [5, 5.41) is 4.24. The van der Waals surface area contributed by atoms with E-state index in [1.165, 1.54) is 38.5 Å². The molecule has 5 rings (SSSR count). The van der Waals surface area contributed by atoms with Crippen LogP contribution < -0.4 is 5.32 Å². The van der Waals surface area contributed by atoms with E-state index in [9.17, 15) is 4.79 Å². The highest BCUT2D eigenvalue weighted by atomic mass is 79.9. The number of halogens is 2. The Balaban J connectivity index is 1.58. The van der Waals surface area contributed by atoms with Crippen molar-refractivity contribution < 1.29 is 4.79 Å². The summed E-state index contributed by atoms with van der Waals surface area (Å²) in [6.07, 6.45) is 9.84. The molecule has 2 aromatic rings. The smallest absolute Gasteiger partial charge is 0.253 e. The summed E-state index contributed by atoms with van der Waals surface area (Å²) in [5.74, 6) is 1.00. The molecule has 0 radical (unpaired) electrons. The van der Waals surface area contributed by atoms with E-state index in [0.717, 1.165) is 37.9 Å². The minimum Gasteiger partial charge on any atom is -0.351 e. The zero-order valence-electron chi connectivity index (χ0n) is 13.9. The largest absolute Gasteiger partial charge is 0.351 e. The number of aromatic nitrogens is 1. The summed E-state index contributed by atoms with van der Waals surface area (Å²) < 4.78 is 3.98. The molecule has 3 nitrogen and oxygen atoms in total. The molecule has 5 heteroatoms. The number of nitrogens with one attached hydrogen (secondary N) is 1. The first-order valence-electron chi connectivity index (χ1n) is 8.70. The van der Waals surface area contributed by atoms with Crippen LogP contribution in [0.15, 0.2) is 27.3 Å². The lowest BCUT2D eigenvalue weighted by atomic mass is 9.61. The molecule has 0 saturated heterocycles. The lowest BCUT2D eigenvalue weighted by Crippen LogP contribution is -2.43. The number of nitrogens with zero attached hydrogens (tertiary/aromatic N) is 1. The number of hydrogen-bond acceptors (Lipinski definition) is 1. The Bertz CT molecular complexity index is 790. The number of benzene rings is 1. The lowest BCUT2D eigenvalue weighted by Gasteiger charge is -2.46. The quantitative estimate of drug-likeness (QED) is 0.662. The number of hydrogen-bond donors (Lipinski definition) is 1. The molecule has 128 valence electrons. The summed E-state index contributed by atoms with van der Waals surface area (Å²) in [6, 6.07) is 4.05. The van der Waals surface area contributed by atoms with E-state index in [0.29, 0.717) is 5.41 Å². The van der Waals surface area contributed by atoms with Crippen molar-refractivity contribution >= 4 is 48.7 Å². The first kappa shape index (κ1) is 16.6. The minimum absolute atomic E-state index is 0.0469. The van der Waals surface area contributed by atoms with Crippen LogP contribution in [0.25, 0.3) is 10.9 Å². The molecule has 0 spiro atoms. The molecule has 0 aliphatic heterocycles. The second-order valence-corrected chi connectivity index (χ2v) is 9.37. The molecule has 3 saturated carbocycles. The average Bonchev–Trinajstić information content (AvgIpc) is 2.92. The Morgan fingerprint density at radius 1 is 1.25 bits per heavy atom. The molecule has 3 aliphatic carbocycles. The maximum absolute atomic E-state index is 12.9. The molecule has 3 aliphatic rings. The van der Waals surface area contributed by atoms with Crippen LogP contribution in [0.4, 0.5) is 0 Å². The summed E-state index contributed by atoms with van der Waals surface area (Å²) in [5.41, 5.74) is 2.17. The summed E-state index contributed by atoms with van der Waals surface area (Å²) in [7, 11) is 1.99. The fourth-order valence-electron chi connectivity index (χ4n) is 4.57. The maximum atomic E-state index is 12.9. The van der Waals surface area contributed by atoms with Gasteiger partial charge < -0.3 is 9.88 Å². The molecular formula is C19H22Br2N2O. The van der Waals surface area contributed by atoms with Gasteiger partial charge in [0.2, 0.25) is 0 Å². The van der Waals surface area contributed by atoms with Crippen LogP contribution in [-0.4, -0.2) is 17.0 Å². The van der Waals surface area contributed by atoms with Gasteiger partial charge in [-0.25, -0.2) is 0 Å². The summed E-state index contributed by atoms with van der Waals surface area (Å²) >= 11 is 7.14. The highest BCUT2D eigenvalue weighted by Crippen LogP contribution is 2.49. The van der Waals surface area contributed by atoms with E-state index in [1.807, 2.05) is 23.9 Å². The van der Waals surface area contributed by atoms with Crippen molar-refractivity contribution in [2.45, 2.75) is 38.5 Å². The van der Waals surface area contributed by atoms with Gasteiger partial charge in [0.05, 0.1) is 11.1 Å². The number of aryl methyl sites for hydroxylation is 1. The van der Waals surface area contributed by atoms with Gasteiger partial charge in [-0.05, 0) is 62.0 Å². The van der Waals surface area contributed by atoms with Crippen LogP contribution in [0.1, 0.15) is 48.9 Å². The summed E-state index contributed by atoms with van der Waals surface area (Å²) in [6.45, 7) is 0.823. The van der Waals surface area contributed by atoms with Crippen molar-refractivity contribution in [3.8, 4) is 0 Å². The monoisotopic (exact) mass is 452 g/mol. The molecule has 1 N–H and O–H groups in total. The topological polar surface area (TPSA) is 34.0 Å². The zero-order chi connectivity index (χ0) is 16.9. The Labute approximate surface area is 159 Å². The highest BCUT2D eigenvalue weighted by molar-refractivity contribution is 9.11. The van der Waals surface area contributed by atoms with Crippen molar-refractivity contribution in [1.29, 1.82) is 0 Å². The minimum atomic E-state index is 0.0469. The summed E-state index contributed by atoms with van der Waals surface area (Å²) in [4.78, 5) is 12.9. The van der Waals surface area contributed by atoms with Crippen molar-refractivity contribution in [3.63, 3.8) is 0 Å². The number of amides is 1. The van der Waals surface area contributed by atoms with Gasteiger partial charge in [-0.2, -0.15) is 0 Å². The Hall–Kier alpha value is -0.810. The SMILES string of the molecule is Cn1cc(C(=O)NCC23CCC(CC2)CC3)c2c(Br)cc(Br)cc21. The molecule has 1 aromatic carbocycles. The normalized spacial score (nSPS) is 26.0. The molecule has 0 unspecified atom stereocenters. The fraction of sp³-hybridized carbons (Fsp3) is 0.526. The standard InChI is InChI=1S/C19H22Br2N2O/c1-23-10-14(17-15(21)8-13(20)9-16(17)23)18(24)22-11-19-5-2-12(3-6-19)4-7-19/h8-10,12H,2-7,11H2,1H3,(H,22,24). The molecule has 0 atom stereocenters. The second kappa shape index (κ2) is 6.17. The second-order valence-electron chi connectivity index (χ2n) is 7.60. The van der Waals surface area contributed by atoms with Crippen LogP contribution in [0, 0.1) is 11.3 Å². The van der Waals surface area contributed by atoms with E-state index in [2.05, 4.69) is 43.2 Å². The van der Waals surface area contributed by atoms with Gasteiger partial charge in [0.25, 0.3) is 5.91 Å². The first-order chi connectivity index (χ1) is 11.5. The average molecular weight is 454 g/mol. The van der Waals surface area contributed by atoms with Gasteiger partial charge in [0.1, 0.15) is 0 Å². The van der Waals surface area contributed by atoms with Gasteiger partial charge in [-0.15, -0.1) is 0 Å². The number of rotatable bonds is 3. The molecule has 24 heavy (non-hydrogen) atoms. The van der Waals surface area contributed by atoms with Gasteiger partial charge in [-0.3, -0.25) is 4.79 Å². The van der Waals surface area contributed by atoms with Crippen molar-refractivity contribution in [2.75, 3.05) is 6.54 Å². The van der Waals surface area contributed by atoms with E-state index < -0.39 is 0 Å². The first-order valence-corrected chi connectivity index (χ1v) is 10.3. The van der Waals surface area contributed by atoms with Crippen molar-refractivity contribution in [1.82, 2.24) is 9.88 Å². The molecular weight excluding hydrogens is 432 g/mol. The predicted molar refractivity (Wildman–Crippen MR) is 104 cm³/mol. The van der Waals surface area contributed by atoms with Crippen molar-refractivity contribution in [3.05, 3.63) is 32.8 Å². The van der Waals surface area contributed by atoms with E-state index >= 15 is 0 Å². The van der Waals surface area contributed by atoms with E-state index in [-0.39, 0.29) is 5.91 Å². The molecule has 3 fully saturated rings. The third-order valence-corrected chi connectivity index (χ3v) is 7.21. The Kier molecular flexibility index (Phi) is 4.28.